The standard InChI is InChI=1S/C22H14BO2/c24-23-25-18-10-6-14(7-11-18)19-12-8-17-5-4-15-2-1-3-16-9-13-20(19)22(17)21(15)16/h1-13,24H. The molecule has 0 atom stereocenters. The van der Waals surface area contributed by atoms with Crippen LogP contribution >= 0.6 is 0 Å². The molecular formula is C22H14BO2. The highest BCUT2D eigenvalue weighted by Gasteiger charge is 2.11. The van der Waals surface area contributed by atoms with Crippen LogP contribution in [0.2, 0.25) is 0 Å². The quantitative estimate of drug-likeness (QED) is 0.367. The van der Waals surface area contributed by atoms with Crippen molar-refractivity contribution in [1.29, 1.82) is 0 Å². The molecule has 117 valence electrons. The van der Waals surface area contributed by atoms with E-state index in [1.54, 1.807) is 0 Å². The van der Waals surface area contributed by atoms with E-state index in [1.165, 1.54) is 37.9 Å². The van der Waals surface area contributed by atoms with Gasteiger partial charge in [0.25, 0.3) is 0 Å². The molecule has 1 N–H and O–H groups in total. The minimum absolute atomic E-state index is 0.615. The Morgan fingerprint density at radius 3 is 2.00 bits per heavy atom. The van der Waals surface area contributed by atoms with Crippen LogP contribution in [0.4, 0.5) is 0 Å². The Labute approximate surface area is 145 Å². The Kier molecular flexibility index (Phi) is 3.15. The summed E-state index contributed by atoms with van der Waals surface area (Å²) in [4.78, 5) is 0. The van der Waals surface area contributed by atoms with Crippen LogP contribution in [-0.4, -0.2) is 12.7 Å². The molecule has 0 spiro atoms. The zero-order valence-electron chi connectivity index (χ0n) is 13.4. The van der Waals surface area contributed by atoms with Crippen molar-refractivity contribution >= 4 is 40.0 Å². The van der Waals surface area contributed by atoms with Crippen molar-refractivity contribution in [2.75, 3.05) is 0 Å². The first-order chi connectivity index (χ1) is 12.3. The average Bonchev–Trinajstić information content (AvgIpc) is 2.67. The lowest BCUT2D eigenvalue weighted by atomic mass is 9.90. The smallest absolute Gasteiger partial charge is 0.537 e. The molecule has 0 unspecified atom stereocenters. The topological polar surface area (TPSA) is 29.5 Å². The van der Waals surface area contributed by atoms with E-state index in [-0.39, 0.29) is 0 Å². The third-order valence-electron chi connectivity index (χ3n) is 4.88. The predicted octanol–water partition coefficient (Wildman–Crippen LogP) is 5.16. The van der Waals surface area contributed by atoms with Crippen molar-refractivity contribution in [3.8, 4) is 16.9 Å². The van der Waals surface area contributed by atoms with Crippen LogP contribution < -0.4 is 4.65 Å². The molecule has 1 radical (unpaired) electrons. The molecule has 0 fully saturated rings. The van der Waals surface area contributed by atoms with Crippen molar-refractivity contribution in [1.82, 2.24) is 0 Å². The van der Waals surface area contributed by atoms with Crippen LogP contribution in [0.1, 0.15) is 0 Å². The molecular weight excluding hydrogens is 307 g/mol. The molecule has 0 saturated heterocycles. The summed E-state index contributed by atoms with van der Waals surface area (Å²) in [6.07, 6.45) is 0. The van der Waals surface area contributed by atoms with Gasteiger partial charge in [0.2, 0.25) is 0 Å². The Morgan fingerprint density at radius 2 is 1.28 bits per heavy atom. The number of rotatable bonds is 3. The molecule has 0 aromatic heterocycles. The normalized spacial score (nSPS) is 11.4. The first kappa shape index (κ1) is 14.3. The minimum Gasteiger partial charge on any atom is -0.537 e. The Hall–Kier alpha value is -3.04. The third kappa shape index (κ3) is 2.17. The van der Waals surface area contributed by atoms with E-state index in [0.29, 0.717) is 13.4 Å². The maximum Gasteiger partial charge on any atom is 0.569 e. The lowest BCUT2D eigenvalue weighted by Crippen LogP contribution is -1.99. The summed E-state index contributed by atoms with van der Waals surface area (Å²) in [6.45, 7) is 0. The van der Waals surface area contributed by atoms with E-state index in [4.69, 9.17) is 9.68 Å². The average molecular weight is 321 g/mol. The van der Waals surface area contributed by atoms with Crippen LogP contribution in [0.3, 0.4) is 0 Å². The van der Waals surface area contributed by atoms with Gasteiger partial charge in [-0.3, -0.25) is 0 Å². The zero-order chi connectivity index (χ0) is 16.8. The van der Waals surface area contributed by atoms with E-state index in [9.17, 15) is 0 Å². The fourth-order valence-electron chi connectivity index (χ4n) is 3.76. The lowest BCUT2D eigenvalue weighted by molar-refractivity contribution is 0.454. The molecule has 0 saturated carbocycles. The highest BCUT2D eigenvalue weighted by Crippen LogP contribution is 2.39. The molecule has 0 heterocycles. The maximum absolute atomic E-state index is 8.76. The molecule has 5 rings (SSSR count). The Morgan fingerprint density at radius 1 is 0.640 bits per heavy atom. The molecule has 0 bridgehead atoms. The lowest BCUT2D eigenvalue weighted by Gasteiger charge is -2.14. The summed E-state index contributed by atoms with van der Waals surface area (Å²) < 4.78 is 5.01. The van der Waals surface area contributed by atoms with Crippen LogP contribution in [0.5, 0.6) is 5.75 Å². The van der Waals surface area contributed by atoms with Gasteiger partial charge in [0.05, 0.1) is 0 Å². The highest BCUT2D eigenvalue weighted by atomic mass is 16.5. The summed E-state index contributed by atoms with van der Waals surface area (Å²) in [5, 5.41) is 16.5. The molecule has 0 aliphatic carbocycles. The molecule has 2 nitrogen and oxygen atoms in total. The van der Waals surface area contributed by atoms with Gasteiger partial charge in [-0.15, -0.1) is 0 Å². The molecule has 25 heavy (non-hydrogen) atoms. The summed E-state index contributed by atoms with van der Waals surface area (Å²) in [6, 6.07) is 27.4. The predicted molar refractivity (Wildman–Crippen MR) is 104 cm³/mol. The summed E-state index contributed by atoms with van der Waals surface area (Å²) in [5.41, 5.74) is 2.33. The molecule has 3 heteroatoms. The maximum atomic E-state index is 8.76. The summed E-state index contributed by atoms with van der Waals surface area (Å²) in [7, 11) is 0.700. The van der Waals surface area contributed by atoms with Gasteiger partial charge in [0.1, 0.15) is 5.75 Å². The minimum atomic E-state index is 0.615. The van der Waals surface area contributed by atoms with Gasteiger partial charge in [-0.2, -0.15) is 0 Å². The van der Waals surface area contributed by atoms with Crippen molar-refractivity contribution in [3.63, 3.8) is 0 Å². The van der Waals surface area contributed by atoms with Crippen LogP contribution in [0, 0.1) is 0 Å². The number of hydrogen-bond acceptors (Lipinski definition) is 2. The largest absolute Gasteiger partial charge is 0.569 e. The van der Waals surface area contributed by atoms with Gasteiger partial charge in [-0.1, -0.05) is 66.7 Å². The van der Waals surface area contributed by atoms with Gasteiger partial charge < -0.3 is 9.68 Å². The van der Waals surface area contributed by atoms with Crippen molar-refractivity contribution in [2.24, 2.45) is 0 Å². The summed E-state index contributed by atoms with van der Waals surface area (Å²) >= 11 is 0. The molecule has 0 aliphatic heterocycles. The second-order valence-electron chi connectivity index (χ2n) is 6.22. The first-order valence-electron chi connectivity index (χ1n) is 8.25. The monoisotopic (exact) mass is 321 g/mol. The number of hydrogen-bond donors (Lipinski definition) is 1. The van der Waals surface area contributed by atoms with Crippen LogP contribution in [0.15, 0.2) is 78.9 Å². The second-order valence-corrected chi connectivity index (χ2v) is 6.22. The van der Waals surface area contributed by atoms with Gasteiger partial charge in [0.15, 0.2) is 0 Å². The fourth-order valence-corrected chi connectivity index (χ4v) is 3.76. The first-order valence-corrected chi connectivity index (χ1v) is 8.25. The zero-order valence-corrected chi connectivity index (χ0v) is 13.4. The van der Waals surface area contributed by atoms with Gasteiger partial charge in [-0.25, -0.2) is 0 Å². The molecule has 0 amide bonds. The van der Waals surface area contributed by atoms with Crippen molar-refractivity contribution in [2.45, 2.75) is 0 Å². The molecule has 5 aromatic rings. The van der Waals surface area contributed by atoms with Gasteiger partial charge in [-0.05, 0) is 55.6 Å². The second kappa shape index (κ2) is 5.50. The summed E-state index contributed by atoms with van der Waals surface area (Å²) in [5.74, 6) is 0.615. The van der Waals surface area contributed by atoms with Gasteiger partial charge >= 0.3 is 7.69 Å². The van der Waals surface area contributed by atoms with Crippen molar-refractivity contribution < 1.29 is 9.68 Å². The van der Waals surface area contributed by atoms with E-state index >= 15 is 0 Å². The van der Waals surface area contributed by atoms with E-state index in [0.717, 1.165) is 5.56 Å². The van der Waals surface area contributed by atoms with Crippen molar-refractivity contribution in [3.05, 3.63) is 78.9 Å². The van der Waals surface area contributed by atoms with E-state index < -0.39 is 0 Å². The van der Waals surface area contributed by atoms with E-state index in [1.807, 2.05) is 24.3 Å². The third-order valence-corrected chi connectivity index (χ3v) is 4.88. The number of benzene rings is 5. The SMILES string of the molecule is O[B]Oc1ccc(-c2ccc3ccc4cccc5ccc2c3c45)cc1. The van der Waals surface area contributed by atoms with Gasteiger partial charge in [0, 0.05) is 0 Å². The fraction of sp³-hybridized carbons (Fsp3) is 0. The van der Waals surface area contributed by atoms with Crippen LogP contribution in [0.25, 0.3) is 43.4 Å². The van der Waals surface area contributed by atoms with Crippen LogP contribution in [-0.2, 0) is 0 Å². The Balaban J connectivity index is 1.81. The Bertz CT molecular complexity index is 1180. The molecule has 0 aliphatic rings. The molecule has 5 aromatic carbocycles. The van der Waals surface area contributed by atoms with E-state index in [2.05, 4.69) is 54.6 Å². The highest BCUT2D eigenvalue weighted by molar-refractivity contribution is 6.25.